The van der Waals surface area contributed by atoms with Crippen LogP contribution in [0.4, 0.5) is 4.79 Å². The van der Waals surface area contributed by atoms with Gasteiger partial charge in [0, 0.05) is 13.0 Å². The summed E-state index contributed by atoms with van der Waals surface area (Å²) in [6.45, 7) is 2.07. The molecular formula is C31H36N4O5. The second-order valence-corrected chi connectivity index (χ2v) is 9.47. The van der Waals surface area contributed by atoms with Gasteiger partial charge in [0.25, 0.3) is 0 Å². The molecule has 4 amide bonds. The largest absolute Gasteiger partial charge is 0.481 e. The number of amides is 4. The molecule has 0 saturated carbocycles. The second-order valence-electron chi connectivity index (χ2n) is 9.47. The van der Waals surface area contributed by atoms with Crippen LogP contribution in [0.5, 0.6) is 0 Å². The standard InChI is InChI=1S/C31H36N4O5/c1-22(23-10-4-2-5-11-23)34-31(40)32-19-9-8-14-28(36)33-21-29(37)35-27(20-30(38)39)26-17-15-25(16-18-26)24-12-6-3-7-13-24/h2-7,10-13,15-18,22,27H,8-9,14,19-21H2,1H3,(H,33,36)(H,35,37)(H,38,39)(H2,32,34,40)/t22-,27?/m1/s1. The van der Waals surface area contributed by atoms with E-state index in [9.17, 15) is 24.3 Å². The van der Waals surface area contributed by atoms with Crippen molar-refractivity contribution >= 4 is 23.8 Å². The number of hydrogen-bond acceptors (Lipinski definition) is 4. The highest BCUT2D eigenvalue weighted by Gasteiger charge is 2.19. The van der Waals surface area contributed by atoms with Crippen molar-refractivity contribution in [3.8, 4) is 11.1 Å². The summed E-state index contributed by atoms with van der Waals surface area (Å²) in [7, 11) is 0. The van der Waals surface area contributed by atoms with Gasteiger partial charge < -0.3 is 26.4 Å². The molecule has 0 spiro atoms. The van der Waals surface area contributed by atoms with Crippen LogP contribution in [0.3, 0.4) is 0 Å². The van der Waals surface area contributed by atoms with Gasteiger partial charge in [0.05, 0.1) is 25.0 Å². The molecule has 0 fully saturated rings. The molecule has 3 aromatic carbocycles. The van der Waals surface area contributed by atoms with Crippen molar-refractivity contribution in [3.63, 3.8) is 0 Å². The third-order valence-electron chi connectivity index (χ3n) is 6.34. The molecule has 40 heavy (non-hydrogen) atoms. The van der Waals surface area contributed by atoms with Crippen LogP contribution < -0.4 is 21.3 Å². The molecule has 0 aliphatic heterocycles. The molecule has 9 heteroatoms. The van der Waals surface area contributed by atoms with E-state index in [-0.39, 0.29) is 37.4 Å². The van der Waals surface area contributed by atoms with Crippen molar-refractivity contribution < 1.29 is 24.3 Å². The Labute approximate surface area is 234 Å². The van der Waals surface area contributed by atoms with E-state index in [1.807, 2.05) is 79.7 Å². The van der Waals surface area contributed by atoms with Crippen LogP contribution in [0, 0.1) is 0 Å². The Morgan fingerprint density at radius 1 is 0.700 bits per heavy atom. The summed E-state index contributed by atoms with van der Waals surface area (Å²) in [6, 6.07) is 25.6. The van der Waals surface area contributed by atoms with Crippen molar-refractivity contribution in [3.05, 3.63) is 96.1 Å². The Morgan fingerprint density at radius 2 is 1.32 bits per heavy atom. The highest BCUT2D eigenvalue weighted by molar-refractivity contribution is 5.85. The predicted molar refractivity (Wildman–Crippen MR) is 153 cm³/mol. The first-order valence-electron chi connectivity index (χ1n) is 13.3. The summed E-state index contributed by atoms with van der Waals surface area (Å²) in [6.07, 6.45) is 1.06. The maximum Gasteiger partial charge on any atom is 0.315 e. The van der Waals surface area contributed by atoms with Crippen molar-refractivity contribution in [2.45, 2.75) is 44.7 Å². The lowest BCUT2D eigenvalue weighted by molar-refractivity contribution is -0.138. The van der Waals surface area contributed by atoms with Crippen molar-refractivity contribution in [2.75, 3.05) is 13.1 Å². The van der Waals surface area contributed by atoms with E-state index in [4.69, 9.17) is 0 Å². The van der Waals surface area contributed by atoms with Gasteiger partial charge in [-0.2, -0.15) is 0 Å². The first-order valence-corrected chi connectivity index (χ1v) is 13.3. The zero-order valence-electron chi connectivity index (χ0n) is 22.6. The van der Waals surface area contributed by atoms with Crippen LogP contribution in [0.15, 0.2) is 84.9 Å². The number of rotatable bonds is 14. The number of hydrogen-bond donors (Lipinski definition) is 5. The van der Waals surface area contributed by atoms with Crippen molar-refractivity contribution in [1.29, 1.82) is 0 Å². The molecule has 3 rings (SSSR count). The third-order valence-corrected chi connectivity index (χ3v) is 6.34. The first kappa shape index (κ1) is 29.9. The minimum atomic E-state index is -1.04. The molecular weight excluding hydrogens is 508 g/mol. The Balaban J connectivity index is 1.35. The minimum absolute atomic E-state index is 0.123. The van der Waals surface area contributed by atoms with Gasteiger partial charge in [-0.15, -0.1) is 0 Å². The fourth-order valence-electron chi connectivity index (χ4n) is 4.16. The van der Waals surface area contributed by atoms with Gasteiger partial charge in [0.2, 0.25) is 11.8 Å². The number of aliphatic carboxylic acids is 1. The number of unbranched alkanes of at least 4 members (excludes halogenated alkanes) is 1. The molecule has 3 aromatic rings. The molecule has 210 valence electrons. The van der Waals surface area contributed by atoms with Crippen molar-refractivity contribution in [1.82, 2.24) is 21.3 Å². The monoisotopic (exact) mass is 544 g/mol. The molecule has 0 aliphatic carbocycles. The normalized spacial score (nSPS) is 12.0. The Hall–Kier alpha value is -4.66. The van der Waals surface area contributed by atoms with Gasteiger partial charge in [0.15, 0.2) is 0 Å². The lowest BCUT2D eigenvalue weighted by Gasteiger charge is -2.18. The van der Waals surface area contributed by atoms with Gasteiger partial charge in [-0.25, -0.2) is 4.79 Å². The van der Waals surface area contributed by atoms with Crippen LogP contribution >= 0.6 is 0 Å². The lowest BCUT2D eigenvalue weighted by atomic mass is 9.99. The predicted octanol–water partition coefficient (Wildman–Crippen LogP) is 4.33. The number of benzene rings is 3. The van der Waals surface area contributed by atoms with Crippen LogP contribution in [-0.2, 0) is 14.4 Å². The summed E-state index contributed by atoms with van der Waals surface area (Å²) in [5, 5.41) is 20.2. The summed E-state index contributed by atoms with van der Waals surface area (Å²) in [5.41, 5.74) is 3.69. The van der Waals surface area contributed by atoms with Gasteiger partial charge in [-0.1, -0.05) is 84.9 Å². The number of nitrogens with one attached hydrogen (secondary N) is 4. The number of carbonyl (C=O) groups is 4. The number of urea groups is 1. The van der Waals surface area contributed by atoms with Gasteiger partial charge in [-0.05, 0) is 42.0 Å². The smallest absolute Gasteiger partial charge is 0.315 e. The van der Waals surface area contributed by atoms with Crippen LogP contribution in [0.1, 0.15) is 55.8 Å². The highest BCUT2D eigenvalue weighted by Crippen LogP contribution is 2.23. The third kappa shape index (κ3) is 10.2. The molecule has 1 unspecified atom stereocenters. The summed E-state index contributed by atoms with van der Waals surface area (Å²) in [4.78, 5) is 48.1. The Morgan fingerprint density at radius 3 is 1.98 bits per heavy atom. The topological polar surface area (TPSA) is 137 Å². The quantitative estimate of drug-likeness (QED) is 0.192. The highest BCUT2D eigenvalue weighted by atomic mass is 16.4. The molecule has 0 aromatic heterocycles. The zero-order valence-corrected chi connectivity index (χ0v) is 22.6. The fourth-order valence-corrected chi connectivity index (χ4v) is 4.16. The molecule has 5 N–H and O–H groups in total. The molecule has 0 saturated heterocycles. The maximum absolute atomic E-state index is 12.5. The van der Waals surface area contributed by atoms with E-state index in [1.165, 1.54) is 0 Å². The molecule has 0 bridgehead atoms. The fraction of sp³-hybridized carbons (Fsp3) is 0.290. The summed E-state index contributed by atoms with van der Waals surface area (Å²) in [5.74, 6) is -1.81. The van der Waals surface area contributed by atoms with E-state index in [2.05, 4.69) is 21.3 Å². The SMILES string of the molecule is C[C@@H](NC(=O)NCCCCC(=O)NCC(=O)NC(CC(=O)O)c1ccc(-c2ccccc2)cc1)c1ccccc1. The minimum Gasteiger partial charge on any atom is -0.481 e. The Kier molecular flexibility index (Phi) is 11.7. The van der Waals surface area contributed by atoms with Crippen LogP contribution in [0.2, 0.25) is 0 Å². The molecule has 0 aliphatic rings. The molecule has 9 nitrogen and oxygen atoms in total. The van der Waals surface area contributed by atoms with E-state index in [1.54, 1.807) is 12.1 Å². The molecule has 0 heterocycles. The number of carboxylic acids is 1. The number of carboxylic acid groups (broad SMARTS) is 1. The van der Waals surface area contributed by atoms with Crippen molar-refractivity contribution in [2.24, 2.45) is 0 Å². The van der Waals surface area contributed by atoms with Gasteiger partial charge >= 0.3 is 12.0 Å². The van der Waals surface area contributed by atoms with E-state index in [0.717, 1.165) is 16.7 Å². The molecule has 0 radical (unpaired) electrons. The van der Waals surface area contributed by atoms with Gasteiger partial charge in [-0.3, -0.25) is 14.4 Å². The average Bonchev–Trinajstić information content (AvgIpc) is 2.96. The van der Waals surface area contributed by atoms with E-state index < -0.39 is 17.9 Å². The zero-order chi connectivity index (χ0) is 28.7. The summed E-state index contributed by atoms with van der Waals surface area (Å²) < 4.78 is 0. The first-order chi connectivity index (χ1) is 19.3. The van der Waals surface area contributed by atoms with Crippen LogP contribution in [0.25, 0.3) is 11.1 Å². The number of carbonyl (C=O) groups excluding carboxylic acids is 3. The summed E-state index contributed by atoms with van der Waals surface area (Å²) >= 11 is 0. The van der Waals surface area contributed by atoms with E-state index in [0.29, 0.717) is 24.9 Å². The van der Waals surface area contributed by atoms with E-state index >= 15 is 0 Å². The van der Waals surface area contributed by atoms with Gasteiger partial charge in [0.1, 0.15) is 0 Å². The van der Waals surface area contributed by atoms with Crippen LogP contribution in [-0.4, -0.2) is 42.0 Å². The molecule has 2 atom stereocenters. The maximum atomic E-state index is 12.5. The Bertz CT molecular complexity index is 1250. The lowest BCUT2D eigenvalue weighted by Crippen LogP contribution is -2.39. The average molecular weight is 545 g/mol. The second kappa shape index (κ2) is 15.7.